The Hall–Kier alpha value is -3.03. The number of carboxylic acid groups (broad SMARTS) is 1. The van der Waals surface area contributed by atoms with Crippen molar-refractivity contribution in [3.05, 3.63) is 64.5 Å². The molecule has 0 saturated carbocycles. The van der Waals surface area contributed by atoms with Gasteiger partial charge in [0.2, 0.25) is 11.8 Å². The number of aromatic hydroxyl groups is 1. The van der Waals surface area contributed by atoms with Crippen LogP contribution in [0.2, 0.25) is 10.0 Å². The van der Waals surface area contributed by atoms with E-state index in [9.17, 15) is 14.3 Å². The number of carbonyl (C=O) groups is 1. The summed E-state index contributed by atoms with van der Waals surface area (Å²) in [6.45, 7) is -0.773. The number of phenolic OH excluding ortho intramolecular Hbond substituents is 1. The molecule has 0 radical (unpaired) electrons. The van der Waals surface area contributed by atoms with Crippen LogP contribution in [0.4, 0.5) is 4.39 Å². The minimum atomic E-state index is -1.29. The Morgan fingerprint density at radius 3 is 2.50 bits per heavy atom. The molecule has 144 valence electrons. The van der Waals surface area contributed by atoms with Crippen LogP contribution in [-0.4, -0.2) is 27.8 Å². The number of pyridine rings is 1. The van der Waals surface area contributed by atoms with Gasteiger partial charge in [-0.25, -0.2) is 4.79 Å². The highest BCUT2D eigenvalue weighted by Crippen LogP contribution is 2.43. The predicted molar refractivity (Wildman–Crippen MR) is 101 cm³/mol. The molecule has 0 aliphatic rings. The Balaban J connectivity index is 1.99. The van der Waals surface area contributed by atoms with Gasteiger partial charge in [-0.1, -0.05) is 53.5 Å². The van der Waals surface area contributed by atoms with E-state index in [0.717, 1.165) is 5.56 Å². The number of nitrogens with zero attached hydrogens (tertiary/aromatic N) is 1. The number of phenols is 1. The zero-order chi connectivity index (χ0) is 20.3. The van der Waals surface area contributed by atoms with Gasteiger partial charge in [0.05, 0.1) is 0 Å². The van der Waals surface area contributed by atoms with Gasteiger partial charge in [0, 0.05) is 5.56 Å². The van der Waals surface area contributed by atoms with Crippen LogP contribution in [0, 0.1) is 5.95 Å². The summed E-state index contributed by atoms with van der Waals surface area (Å²) in [6, 6.07) is 13.4. The van der Waals surface area contributed by atoms with Gasteiger partial charge in [-0.05, 0) is 23.8 Å². The van der Waals surface area contributed by atoms with Gasteiger partial charge in [0.15, 0.2) is 12.4 Å². The molecule has 28 heavy (non-hydrogen) atoms. The smallest absolute Gasteiger partial charge is 0.341 e. The molecule has 6 nitrogen and oxygen atoms in total. The molecule has 1 aromatic heterocycles. The maximum Gasteiger partial charge on any atom is 0.341 e. The highest BCUT2D eigenvalue weighted by atomic mass is 35.5. The third-order valence-electron chi connectivity index (χ3n) is 3.57. The molecule has 0 saturated heterocycles. The number of hydrogen-bond acceptors (Lipinski definition) is 5. The van der Waals surface area contributed by atoms with Crippen LogP contribution in [-0.2, 0) is 4.79 Å². The lowest BCUT2D eigenvalue weighted by Crippen LogP contribution is -2.11. The fraction of sp³-hybridized carbons (Fsp3) is 0.0526. The highest BCUT2D eigenvalue weighted by Gasteiger charge is 2.22. The lowest BCUT2D eigenvalue weighted by molar-refractivity contribution is -0.139. The zero-order valence-corrected chi connectivity index (χ0v) is 15.5. The summed E-state index contributed by atoms with van der Waals surface area (Å²) >= 11 is 12.0. The molecule has 1 heterocycles. The normalized spacial score (nSPS) is 10.5. The van der Waals surface area contributed by atoms with Gasteiger partial charge in [-0.15, -0.1) is 0 Å². The molecule has 9 heteroatoms. The lowest BCUT2D eigenvalue weighted by Gasteiger charge is -2.14. The first-order chi connectivity index (χ1) is 13.4. The quantitative estimate of drug-likeness (QED) is 0.532. The first kappa shape index (κ1) is 19.7. The summed E-state index contributed by atoms with van der Waals surface area (Å²) in [5.41, 5.74) is 1.20. The van der Waals surface area contributed by atoms with Crippen molar-refractivity contribution in [2.75, 3.05) is 6.61 Å². The van der Waals surface area contributed by atoms with Crippen molar-refractivity contribution in [3.63, 3.8) is 0 Å². The fourth-order valence-corrected chi connectivity index (χ4v) is 2.79. The second-order valence-corrected chi connectivity index (χ2v) is 6.25. The van der Waals surface area contributed by atoms with E-state index in [0.29, 0.717) is 5.56 Å². The van der Waals surface area contributed by atoms with E-state index in [1.54, 1.807) is 24.3 Å². The van der Waals surface area contributed by atoms with Gasteiger partial charge < -0.3 is 19.7 Å². The number of ether oxygens (including phenoxy) is 2. The summed E-state index contributed by atoms with van der Waals surface area (Å²) in [6.07, 6.45) is 0. The number of hydrogen-bond donors (Lipinski definition) is 2. The molecule has 2 N–H and O–H groups in total. The van der Waals surface area contributed by atoms with Gasteiger partial charge in [-0.2, -0.15) is 9.37 Å². The lowest BCUT2D eigenvalue weighted by atomic mass is 10.0. The molecule has 2 aromatic carbocycles. The second-order valence-electron chi connectivity index (χ2n) is 5.49. The zero-order valence-electron chi connectivity index (χ0n) is 14.0. The summed E-state index contributed by atoms with van der Waals surface area (Å²) in [5, 5.41) is 18.0. The topological polar surface area (TPSA) is 88.9 Å². The Kier molecular flexibility index (Phi) is 5.87. The first-order valence-electron chi connectivity index (χ1n) is 7.82. The summed E-state index contributed by atoms with van der Waals surface area (Å²) in [7, 11) is 0. The number of aliphatic carboxylic acids is 1. The molecule has 0 unspecified atom stereocenters. The number of halogens is 3. The Labute approximate surface area is 168 Å². The standard InChI is InChI=1S/C19H12Cl2FNO5/c20-15-17(16(21)19(23-18(15)22)27-9-14(25)26)28-11-6-7-13(24)12(8-11)10-4-2-1-3-5-10/h1-8,24H,9H2,(H,25,26). The van der Waals surface area contributed by atoms with Crippen LogP contribution in [0.25, 0.3) is 11.1 Å². The third-order valence-corrected chi connectivity index (χ3v) is 4.23. The van der Waals surface area contributed by atoms with Crippen molar-refractivity contribution >= 4 is 29.2 Å². The monoisotopic (exact) mass is 423 g/mol. The number of carboxylic acids is 1. The maximum absolute atomic E-state index is 14.0. The molecule has 3 aromatic rings. The first-order valence-corrected chi connectivity index (χ1v) is 8.57. The minimum Gasteiger partial charge on any atom is -0.507 e. The van der Waals surface area contributed by atoms with Gasteiger partial charge in [0.25, 0.3) is 0 Å². The van der Waals surface area contributed by atoms with Crippen molar-refractivity contribution in [1.82, 2.24) is 4.98 Å². The largest absolute Gasteiger partial charge is 0.507 e. The summed E-state index contributed by atoms with van der Waals surface area (Å²) < 4.78 is 24.5. The molecular weight excluding hydrogens is 412 g/mol. The predicted octanol–water partition coefficient (Wildman–Crippen LogP) is 5.16. The SMILES string of the molecule is O=C(O)COc1nc(F)c(Cl)c(Oc2ccc(O)c(-c3ccccc3)c2)c1Cl. The van der Waals surface area contributed by atoms with Gasteiger partial charge in [0.1, 0.15) is 21.5 Å². The molecule has 3 rings (SSSR count). The van der Waals surface area contributed by atoms with E-state index in [2.05, 4.69) is 4.98 Å². The summed E-state index contributed by atoms with van der Waals surface area (Å²) in [5.74, 6) is -2.97. The molecule has 0 aliphatic heterocycles. The van der Waals surface area contributed by atoms with E-state index >= 15 is 0 Å². The minimum absolute atomic E-state index is 0.0159. The molecule has 0 spiro atoms. The molecule has 0 fully saturated rings. The molecule has 0 amide bonds. The highest BCUT2D eigenvalue weighted by molar-refractivity contribution is 6.37. The van der Waals surface area contributed by atoms with Crippen LogP contribution in [0.1, 0.15) is 0 Å². The maximum atomic E-state index is 14.0. The summed E-state index contributed by atoms with van der Waals surface area (Å²) in [4.78, 5) is 14.0. The van der Waals surface area contributed by atoms with E-state index in [4.69, 9.17) is 37.8 Å². The third kappa shape index (κ3) is 4.27. The van der Waals surface area contributed by atoms with E-state index in [1.165, 1.54) is 18.2 Å². The second kappa shape index (κ2) is 8.33. The van der Waals surface area contributed by atoms with Crippen LogP contribution in [0.15, 0.2) is 48.5 Å². The van der Waals surface area contributed by atoms with Crippen molar-refractivity contribution in [2.24, 2.45) is 0 Å². The van der Waals surface area contributed by atoms with Crippen molar-refractivity contribution < 1.29 is 28.9 Å². The number of benzene rings is 2. The van der Waals surface area contributed by atoms with E-state index in [-0.39, 0.29) is 22.3 Å². The van der Waals surface area contributed by atoms with E-state index < -0.39 is 29.4 Å². The van der Waals surface area contributed by atoms with Crippen molar-refractivity contribution in [3.8, 4) is 34.3 Å². The molecular formula is C19H12Cl2FNO5. The van der Waals surface area contributed by atoms with Gasteiger partial charge in [-0.3, -0.25) is 0 Å². The van der Waals surface area contributed by atoms with E-state index in [1.807, 2.05) is 6.07 Å². The van der Waals surface area contributed by atoms with Crippen LogP contribution < -0.4 is 9.47 Å². The molecule has 0 aliphatic carbocycles. The Morgan fingerprint density at radius 1 is 1.11 bits per heavy atom. The van der Waals surface area contributed by atoms with Crippen LogP contribution >= 0.6 is 23.2 Å². The average Bonchev–Trinajstić information content (AvgIpc) is 2.68. The Bertz CT molecular complexity index is 1030. The fourth-order valence-electron chi connectivity index (χ4n) is 2.34. The molecule has 0 atom stereocenters. The van der Waals surface area contributed by atoms with Crippen molar-refractivity contribution in [2.45, 2.75) is 0 Å². The Morgan fingerprint density at radius 2 is 1.82 bits per heavy atom. The van der Waals surface area contributed by atoms with Crippen LogP contribution in [0.5, 0.6) is 23.1 Å². The van der Waals surface area contributed by atoms with Crippen LogP contribution in [0.3, 0.4) is 0 Å². The average molecular weight is 424 g/mol. The number of rotatable bonds is 6. The molecule has 0 bridgehead atoms. The number of aromatic nitrogens is 1. The van der Waals surface area contributed by atoms with Gasteiger partial charge >= 0.3 is 5.97 Å². The van der Waals surface area contributed by atoms with Crippen molar-refractivity contribution in [1.29, 1.82) is 0 Å².